The molecule has 2 heterocycles. The van der Waals surface area contributed by atoms with Crippen molar-refractivity contribution in [2.45, 2.75) is 6.92 Å². The molecule has 0 spiro atoms. The molecule has 0 aliphatic carbocycles. The lowest BCUT2D eigenvalue weighted by molar-refractivity contribution is 0.351. The first kappa shape index (κ1) is 13.8. The molecule has 21 heavy (non-hydrogen) atoms. The number of aromatic nitrogens is 1. The van der Waals surface area contributed by atoms with Crippen LogP contribution in [0.15, 0.2) is 56.3 Å². The molecule has 0 saturated carbocycles. The minimum Gasteiger partial charge on any atom is -0.488 e. The van der Waals surface area contributed by atoms with Crippen molar-refractivity contribution >= 4 is 38.0 Å². The summed E-state index contributed by atoms with van der Waals surface area (Å²) in [6.45, 7) is 6.03. The molecule has 0 fully saturated rings. The predicted octanol–water partition coefficient (Wildman–Crippen LogP) is 4.06. The second-order valence-electron chi connectivity index (χ2n) is 4.84. The first-order valence-corrected chi connectivity index (χ1v) is 7.13. The van der Waals surface area contributed by atoms with Crippen LogP contribution in [0.1, 0.15) is 6.92 Å². The van der Waals surface area contributed by atoms with E-state index in [1.165, 1.54) is 0 Å². The van der Waals surface area contributed by atoms with E-state index in [1.54, 1.807) is 24.4 Å². The molecule has 0 bridgehead atoms. The van der Waals surface area contributed by atoms with E-state index in [1.807, 2.05) is 13.0 Å². The molecular weight excluding hydrogens is 334 g/mol. The van der Waals surface area contributed by atoms with Crippen LogP contribution in [0.2, 0.25) is 0 Å². The van der Waals surface area contributed by atoms with E-state index < -0.39 is 0 Å². The minimum atomic E-state index is -0.124. The van der Waals surface area contributed by atoms with E-state index in [2.05, 4.69) is 27.5 Å². The van der Waals surface area contributed by atoms with Crippen LogP contribution in [0.4, 0.5) is 0 Å². The van der Waals surface area contributed by atoms with E-state index in [9.17, 15) is 4.79 Å². The summed E-state index contributed by atoms with van der Waals surface area (Å²) in [5.41, 5.74) is 1.58. The summed E-state index contributed by atoms with van der Waals surface area (Å²) in [4.78, 5) is 16.7. The molecule has 106 valence electrons. The summed E-state index contributed by atoms with van der Waals surface area (Å²) in [5.74, 6) is 0.521. The Balaban J connectivity index is 2.20. The van der Waals surface area contributed by atoms with Gasteiger partial charge in [0.25, 0.3) is 0 Å². The predicted molar refractivity (Wildman–Crippen MR) is 85.8 cm³/mol. The zero-order valence-electron chi connectivity index (χ0n) is 11.4. The number of ether oxygens (including phenoxy) is 1. The molecule has 0 aliphatic heterocycles. The molecule has 0 atom stereocenters. The van der Waals surface area contributed by atoms with E-state index >= 15 is 0 Å². The van der Waals surface area contributed by atoms with Crippen LogP contribution < -0.4 is 10.2 Å². The van der Waals surface area contributed by atoms with Gasteiger partial charge in [-0.15, -0.1) is 0 Å². The van der Waals surface area contributed by atoms with Gasteiger partial charge in [-0.1, -0.05) is 22.5 Å². The first-order valence-electron chi connectivity index (χ1n) is 6.34. The van der Waals surface area contributed by atoms with Crippen molar-refractivity contribution in [3.05, 3.63) is 57.3 Å². The van der Waals surface area contributed by atoms with Crippen LogP contribution in [0.25, 0.3) is 22.1 Å². The lowest BCUT2D eigenvalue weighted by Gasteiger charge is -2.06. The highest BCUT2D eigenvalue weighted by Gasteiger charge is 2.10. The third kappa shape index (κ3) is 2.69. The van der Waals surface area contributed by atoms with E-state index in [0.29, 0.717) is 34.4 Å². The first-order chi connectivity index (χ1) is 10.0. The van der Waals surface area contributed by atoms with Gasteiger partial charge in [-0.2, -0.15) is 0 Å². The molecule has 0 unspecified atom stereocenters. The van der Waals surface area contributed by atoms with Gasteiger partial charge in [-0.25, -0.2) is 4.98 Å². The van der Waals surface area contributed by atoms with E-state index in [0.717, 1.165) is 10.0 Å². The van der Waals surface area contributed by atoms with Crippen molar-refractivity contribution in [2.75, 3.05) is 6.61 Å². The average molecular weight is 346 g/mol. The second-order valence-corrected chi connectivity index (χ2v) is 5.76. The number of halogens is 1. The Morgan fingerprint density at radius 3 is 2.95 bits per heavy atom. The maximum absolute atomic E-state index is 12.5. The normalized spacial score (nSPS) is 11.0. The average Bonchev–Trinajstić information content (AvgIpc) is 2.46. The third-order valence-corrected chi connectivity index (χ3v) is 3.44. The molecule has 1 aromatic carbocycles. The molecule has 0 saturated heterocycles. The van der Waals surface area contributed by atoms with Crippen LogP contribution in [0, 0.1) is 0 Å². The number of hydrogen-bond donors (Lipinski definition) is 0. The number of hydrogen-bond acceptors (Lipinski definition) is 4. The summed E-state index contributed by atoms with van der Waals surface area (Å²) in [6, 6.07) is 6.95. The molecular formula is C16H12BrNO3. The fourth-order valence-corrected chi connectivity index (χ4v) is 2.34. The standard InChI is InChI=1S/C16H12BrNO3/c1-9(2)8-20-11-6-13-15(19)12-5-10(17)3-4-14(12)21-16(13)18-7-11/h3-7H,1,8H2,2H3. The maximum atomic E-state index is 12.5. The second kappa shape index (κ2) is 5.33. The van der Waals surface area contributed by atoms with Crippen LogP contribution in [0.5, 0.6) is 5.75 Å². The summed E-state index contributed by atoms with van der Waals surface area (Å²) in [7, 11) is 0. The fourth-order valence-electron chi connectivity index (χ4n) is 1.98. The highest BCUT2D eigenvalue weighted by molar-refractivity contribution is 9.10. The van der Waals surface area contributed by atoms with E-state index in [-0.39, 0.29) is 5.43 Å². The minimum absolute atomic E-state index is 0.124. The summed E-state index contributed by atoms with van der Waals surface area (Å²) in [5, 5.41) is 0.913. The number of rotatable bonds is 3. The van der Waals surface area contributed by atoms with Gasteiger partial charge in [-0.3, -0.25) is 4.79 Å². The van der Waals surface area contributed by atoms with Gasteiger partial charge in [0.1, 0.15) is 17.9 Å². The van der Waals surface area contributed by atoms with Crippen molar-refractivity contribution in [3.8, 4) is 5.75 Å². The molecule has 0 amide bonds. The summed E-state index contributed by atoms with van der Waals surface area (Å²) in [6.07, 6.45) is 1.54. The molecule has 0 radical (unpaired) electrons. The number of fused-ring (bicyclic) bond motifs is 2. The van der Waals surface area contributed by atoms with Gasteiger partial charge in [0, 0.05) is 4.47 Å². The van der Waals surface area contributed by atoms with Crippen molar-refractivity contribution in [1.82, 2.24) is 4.98 Å². The lowest BCUT2D eigenvalue weighted by atomic mass is 10.2. The fraction of sp³-hybridized carbons (Fsp3) is 0.125. The Labute approximate surface area is 129 Å². The topological polar surface area (TPSA) is 52.3 Å². The van der Waals surface area contributed by atoms with Crippen LogP contribution >= 0.6 is 15.9 Å². The third-order valence-electron chi connectivity index (χ3n) is 2.95. The summed E-state index contributed by atoms with van der Waals surface area (Å²) < 4.78 is 12.0. The van der Waals surface area contributed by atoms with E-state index in [4.69, 9.17) is 9.15 Å². The lowest BCUT2D eigenvalue weighted by Crippen LogP contribution is -2.04. The molecule has 5 heteroatoms. The van der Waals surface area contributed by atoms with Crippen molar-refractivity contribution in [2.24, 2.45) is 0 Å². The Hall–Kier alpha value is -2.14. The zero-order valence-corrected chi connectivity index (χ0v) is 12.9. The van der Waals surface area contributed by atoms with Gasteiger partial charge in [0.15, 0.2) is 0 Å². The monoisotopic (exact) mass is 345 g/mol. The smallest absolute Gasteiger partial charge is 0.230 e. The van der Waals surface area contributed by atoms with Crippen molar-refractivity contribution < 1.29 is 9.15 Å². The maximum Gasteiger partial charge on any atom is 0.230 e. The van der Waals surface area contributed by atoms with Crippen LogP contribution in [0.3, 0.4) is 0 Å². The van der Waals surface area contributed by atoms with Crippen molar-refractivity contribution in [1.29, 1.82) is 0 Å². The Kier molecular flexibility index (Phi) is 3.51. The van der Waals surface area contributed by atoms with Gasteiger partial charge in [0.2, 0.25) is 11.1 Å². The molecule has 2 aromatic heterocycles. The van der Waals surface area contributed by atoms with Gasteiger partial charge >= 0.3 is 0 Å². The largest absolute Gasteiger partial charge is 0.488 e. The molecule has 0 N–H and O–H groups in total. The van der Waals surface area contributed by atoms with Crippen molar-refractivity contribution in [3.63, 3.8) is 0 Å². The number of benzene rings is 1. The SMILES string of the molecule is C=C(C)COc1cnc2oc3ccc(Br)cc3c(=O)c2c1. The summed E-state index contributed by atoms with van der Waals surface area (Å²) >= 11 is 3.36. The highest BCUT2D eigenvalue weighted by atomic mass is 79.9. The van der Waals surface area contributed by atoms with Gasteiger partial charge in [0.05, 0.1) is 17.0 Å². The molecule has 3 rings (SSSR count). The molecule has 3 aromatic rings. The molecule has 0 aliphatic rings. The Morgan fingerprint density at radius 2 is 2.19 bits per heavy atom. The highest BCUT2D eigenvalue weighted by Crippen LogP contribution is 2.23. The number of pyridine rings is 1. The van der Waals surface area contributed by atoms with Crippen LogP contribution in [-0.2, 0) is 0 Å². The zero-order chi connectivity index (χ0) is 15.0. The van der Waals surface area contributed by atoms with Crippen LogP contribution in [-0.4, -0.2) is 11.6 Å². The van der Waals surface area contributed by atoms with Gasteiger partial charge < -0.3 is 9.15 Å². The quantitative estimate of drug-likeness (QED) is 0.530. The molecule has 4 nitrogen and oxygen atoms in total. The Morgan fingerprint density at radius 1 is 1.38 bits per heavy atom. The number of nitrogens with zero attached hydrogens (tertiary/aromatic N) is 1. The Bertz CT molecular complexity index is 914. The van der Waals surface area contributed by atoms with Gasteiger partial charge in [-0.05, 0) is 36.8 Å².